The number of H-pyrrole nitrogens is 1. The van der Waals surface area contributed by atoms with Crippen molar-refractivity contribution in [1.29, 1.82) is 0 Å². The van der Waals surface area contributed by atoms with Crippen molar-refractivity contribution < 1.29 is 0 Å². The van der Waals surface area contributed by atoms with Crippen LogP contribution in [0.1, 0.15) is 38.3 Å². The third-order valence-electron chi connectivity index (χ3n) is 1.71. The summed E-state index contributed by atoms with van der Waals surface area (Å²) in [5.74, 6) is 0.907. The van der Waals surface area contributed by atoms with Crippen LogP contribution in [0, 0.1) is 6.92 Å². The molecule has 0 radical (unpaired) electrons. The van der Waals surface area contributed by atoms with E-state index in [1.807, 2.05) is 39.3 Å². The van der Waals surface area contributed by atoms with E-state index in [-0.39, 0.29) is 0 Å². The van der Waals surface area contributed by atoms with Gasteiger partial charge < -0.3 is 4.98 Å². The normalized spacial score (nSPS) is 9.71. The van der Waals surface area contributed by atoms with Gasteiger partial charge in [0.1, 0.15) is 5.82 Å². The molecule has 0 aromatic carbocycles. The number of hydrogen-bond donors (Lipinski definition) is 1. The number of hydrogen-bond acceptors (Lipinski definition) is 1. The fourth-order valence-corrected chi connectivity index (χ4v) is 1.07. The number of nitrogens with zero attached hydrogens (tertiary/aromatic N) is 1. The molecule has 14 heavy (non-hydrogen) atoms. The van der Waals surface area contributed by atoms with Crippen molar-refractivity contribution in [3.05, 3.63) is 23.9 Å². The second-order valence-electron chi connectivity index (χ2n) is 2.66. The molecule has 2 heteroatoms. The van der Waals surface area contributed by atoms with Gasteiger partial charge in [-0.1, -0.05) is 33.4 Å². The lowest BCUT2D eigenvalue weighted by molar-refractivity contribution is 1.28. The maximum Gasteiger partial charge on any atom is 0.137 e. The van der Waals surface area contributed by atoms with E-state index < -0.39 is 0 Å². The lowest BCUT2D eigenvalue weighted by atomic mass is 10.2. The van der Waals surface area contributed by atoms with Crippen molar-refractivity contribution in [3.63, 3.8) is 0 Å². The van der Waals surface area contributed by atoms with E-state index in [1.165, 1.54) is 5.56 Å². The monoisotopic (exact) mass is 192 g/mol. The average molecular weight is 192 g/mol. The van der Waals surface area contributed by atoms with Crippen LogP contribution in [0.25, 0.3) is 6.08 Å². The summed E-state index contributed by atoms with van der Waals surface area (Å²) in [6.45, 7) is 11.8. The van der Waals surface area contributed by atoms with Gasteiger partial charge >= 0.3 is 0 Å². The molecule has 2 nitrogen and oxygen atoms in total. The summed E-state index contributed by atoms with van der Waals surface area (Å²) in [5.41, 5.74) is 2.29. The molecule has 0 saturated carbocycles. The third kappa shape index (κ3) is 3.21. The van der Waals surface area contributed by atoms with E-state index in [0.717, 1.165) is 17.8 Å². The molecule has 1 N–H and O–H groups in total. The number of nitrogens with one attached hydrogen (secondary N) is 1. The van der Waals surface area contributed by atoms with Gasteiger partial charge in [0.15, 0.2) is 0 Å². The molecular formula is C12H20N2. The molecule has 1 aromatic heterocycles. The molecule has 0 amide bonds. The Bertz CT molecular complexity index is 295. The van der Waals surface area contributed by atoms with Crippen molar-refractivity contribution in [1.82, 2.24) is 4.98 Å². The van der Waals surface area contributed by atoms with Gasteiger partial charge in [-0.25, -0.2) is 4.99 Å². The third-order valence-corrected chi connectivity index (χ3v) is 1.71. The Labute approximate surface area is 86.8 Å². The van der Waals surface area contributed by atoms with Crippen LogP contribution in [0.15, 0.2) is 17.8 Å². The molecule has 0 unspecified atom stereocenters. The van der Waals surface area contributed by atoms with E-state index in [0.29, 0.717) is 0 Å². The summed E-state index contributed by atoms with van der Waals surface area (Å²) in [6.07, 6.45) is 6.61. The molecule has 1 heterocycles. The molecule has 1 rings (SSSR count). The van der Waals surface area contributed by atoms with E-state index in [2.05, 4.69) is 23.5 Å². The number of aromatic amines is 1. The summed E-state index contributed by atoms with van der Waals surface area (Å²) >= 11 is 0. The largest absolute Gasteiger partial charge is 0.346 e. The zero-order valence-electron chi connectivity index (χ0n) is 9.59. The molecule has 0 aliphatic heterocycles. The SMILES string of the molecule is C=Cc1c(C)c[nH]c1/N=C\CC.CC. The van der Waals surface area contributed by atoms with Crippen LogP contribution < -0.4 is 0 Å². The molecule has 0 fully saturated rings. The van der Waals surface area contributed by atoms with Crippen molar-refractivity contribution in [2.75, 3.05) is 0 Å². The average Bonchev–Trinajstić information content (AvgIpc) is 2.59. The van der Waals surface area contributed by atoms with Crippen LogP contribution in [0.4, 0.5) is 5.82 Å². The van der Waals surface area contributed by atoms with Crippen molar-refractivity contribution >= 4 is 18.1 Å². The maximum atomic E-state index is 4.26. The number of aryl methyl sites for hydroxylation is 1. The Morgan fingerprint density at radius 1 is 1.50 bits per heavy atom. The number of aromatic nitrogens is 1. The zero-order chi connectivity index (χ0) is 11.0. The van der Waals surface area contributed by atoms with Gasteiger partial charge in [0.05, 0.1) is 0 Å². The minimum absolute atomic E-state index is 0.907. The fourth-order valence-electron chi connectivity index (χ4n) is 1.07. The first kappa shape index (κ1) is 12.7. The van der Waals surface area contributed by atoms with Crippen molar-refractivity contribution in [2.24, 2.45) is 4.99 Å². The van der Waals surface area contributed by atoms with Crippen LogP contribution >= 0.6 is 0 Å². The molecule has 0 spiro atoms. The predicted octanol–water partition coefficient (Wildman–Crippen LogP) is 4.10. The quantitative estimate of drug-likeness (QED) is 0.698. The standard InChI is InChI=1S/C10H14N2.C2H6/c1-4-6-11-10-9(5-2)8(3)7-12-10;1-2/h5-7,12H,2,4H2,1,3H3;1-2H3/b11-6-;. The first-order valence-corrected chi connectivity index (χ1v) is 5.12. The minimum Gasteiger partial charge on any atom is -0.346 e. The topological polar surface area (TPSA) is 28.1 Å². The molecule has 1 aromatic rings. The highest BCUT2D eigenvalue weighted by Gasteiger charge is 2.01. The molecule has 0 bridgehead atoms. The van der Waals surface area contributed by atoms with Gasteiger partial charge in [-0.15, -0.1) is 0 Å². The maximum absolute atomic E-state index is 4.26. The molecule has 0 aliphatic rings. The number of aliphatic imine (C=N–C) groups is 1. The molecule has 0 saturated heterocycles. The van der Waals surface area contributed by atoms with E-state index in [1.54, 1.807) is 0 Å². The van der Waals surface area contributed by atoms with Crippen LogP contribution in [0.2, 0.25) is 0 Å². The highest BCUT2D eigenvalue weighted by Crippen LogP contribution is 2.21. The molecule has 0 atom stereocenters. The fraction of sp³-hybridized carbons (Fsp3) is 0.417. The molecular weight excluding hydrogens is 172 g/mol. The highest BCUT2D eigenvalue weighted by atomic mass is 14.9. The lowest BCUT2D eigenvalue weighted by Crippen LogP contribution is -1.72. The summed E-state index contributed by atoms with van der Waals surface area (Å²) in [6, 6.07) is 0. The van der Waals surface area contributed by atoms with Gasteiger partial charge in [0.2, 0.25) is 0 Å². The van der Waals surface area contributed by atoms with Crippen LogP contribution in [0.5, 0.6) is 0 Å². The van der Waals surface area contributed by atoms with Crippen molar-refractivity contribution in [3.8, 4) is 0 Å². The number of rotatable bonds is 3. The highest BCUT2D eigenvalue weighted by molar-refractivity contribution is 5.69. The van der Waals surface area contributed by atoms with Gasteiger partial charge in [0, 0.05) is 18.0 Å². The smallest absolute Gasteiger partial charge is 0.137 e. The van der Waals surface area contributed by atoms with Gasteiger partial charge in [-0.3, -0.25) is 0 Å². The molecule has 78 valence electrons. The first-order valence-electron chi connectivity index (χ1n) is 5.12. The Hall–Kier alpha value is -1.31. The van der Waals surface area contributed by atoms with Gasteiger partial charge in [-0.05, 0) is 18.9 Å². The Balaban J connectivity index is 0.000000791. The Kier molecular flexibility index (Phi) is 6.46. The summed E-state index contributed by atoms with van der Waals surface area (Å²) in [5, 5.41) is 0. The van der Waals surface area contributed by atoms with E-state index in [9.17, 15) is 0 Å². The summed E-state index contributed by atoms with van der Waals surface area (Å²) in [7, 11) is 0. The summed E-state index contributed by atoms with van der Waals surface area (Å²) in [4.78, 5) is 7.36. The van der Waals surface area contributed by atoms with Crippen molar-refractivity contribution in [2.45, 2.75) is 34.1 Å². The van der Waals surface area contributed by atoms with Crippen LogP contribution in [-0.4, -0.2) is 11.2 Å². The lowest BCUT2D eigenvalue weighted by Gasteiger charge is -1.91. The predicted molar refractivity (Wildman–Crippen MR) is 65.4 cm³/mol. The second kappa shape index (κ2) is 7.13. The Morgan fingerprint density at radius 2 is 2.14 bits per heavy atom. The van der Waals surface area contributed by atoms with E-state index in [4.69, 9.17) is 0 Å². The zero-order valence-corrected chi connectivity index (χ0v) is 9.59. The first-order chi connectivity index (χ1) is 6.79. The Morgan fingerprint density at radius 3 is 2.64 bits per heavy atom. The van der Waals surface area contributed by atoms with Crippen LogP contribution in [0.3, 0.4) is 0 Å². The minimum atomic E-state index is 0.907. The van der Waals surface area contributed by atoms with E-state index >= 15 is 0 Å². The van der Waals surface area contributed by atoms with Gasteiger partial charge in [0.25, 0.3) is 0 Å². The van der Waals surface area contributed by atoms with Gasteiger partial charge in [-0.2, -0.15) is 0 Å². The second-order valence-corrected chi connectivity index (χ2v) is 2.66. The van der Waals surface area contributed by atoms with Crippen LogP contribution in [-0.2, 0) is 0 Å². The summed E-state index contributed by atoms with van der Waals surface area (Å²) < 4.78 is 0. The molecule has 0 aliphatic carbocycles.